The molecule has 1 aromatic carbocycles. The van der Waals surface area contributed by atoms with E-state index in [1.54, 1.807) is 6.07 Å². The molecule has 3 aromatic rings. The molecule has 2 aromatic heterocycles. The van der Waals surface area contributed by atoms with Gasteiger partial charge in [-0.3, -0.25) is 4.79 Å². The normalized spacial score (nSPS) is 20.9. The highest BCUT2D eigenvalue weighted by Gasteiger charge is 2.43. The molecule has 1 saturated heterocycles. The first-order valence-electron chi connectivity index (χ1n) is 14.8. The van der Waals surface area contributed by atoms with Crippen LogP contribution in [-0.2, 0) is 30.5 Å². The van der Waals surface area contributed by atoms with E-state index in [1.807, 2.05) is 13.8 Å². The van der Waals surface area contributed by atoms with Gasteiger partial charge in [-0.25, -0.2) is 4.39 Å². The van der Waals surface area contributed by atoms with E-state index in [-0.39, 0.29) is 43.4 Å². The minimum Gasteiger partial charge on any atom is -0.493 e. The van der Waals surface area contributed by atoms with Crippen molar-refractivity contribution < 1.29 is 31.6 Å². The van der Waals surface area contributed by atoms with Crippen molar-refractivity contribution >= 4 is 11.9 Å². The van der Waals surface area contributed by atoms with Gasteiger partial charge < -0.3 is 23.6 Å². The fourth-order valence-electron chi connectivity index (χ4n) is 6.23. The van der Waals surface area contributed by atoms with Gasteiger partial charge in [-0.05, 0) is 55.1 Å². The van der Waals surface area contributed by atoms with Crippen LogP contribution in [0, 0.1) is 23.6 Å². The number of rotatable bonds is 9. The van der Waals surface area contributed by atoms with Crippen LogP contribution in [0.4, 0.5) is 23.6 Å². The van der Waals surface area contributed by atoms with E-state index >= 15 is 0 Å². The summed E-state index contributed by atoms with van der Waals surface area (Å²) in [5, 5.41) is 10.9. The molecule has 2 atom stereocenters. The third-order valence-electron chi connectivity index (χ3n) is 8.82. The maximum atomic E-state index is 14.8. The first kappa shape index (κ1) is 29.4. The van der Waals surface area contributed by atoms with Crippen LogP contribution in [0.5, 0.6) is 5.75 Å². The van der Waals surface area contributed by atoms with E-state index in [0.29, 0.717) is 36.1 Å². The number of fused-ring (bicyclic) bond motifs is 1. The number of nitrogens with zero attached hydrogens (tertiary/aromatic N) is 7. The molecular weight excluding hydrogens is 570 g/mol. The van der Waals surface area contributed by atoms with Gasteiger partial charge in [0.1, 0.15) is 11.6 Å². The fraction of sp³-hybridized carbons (Fsp3) is 0.621. The molecule has 3 aliphatic rings. The molecule has 0 N–H and O–H groups in total. The van der Waals surface area contributed by atoms with E-state index in [4.69, 9.17) is 9.26 Å². The smallest absolute Gasteiger partial charge is 0.451 e. The molecule has 14 heteroatoms. The Labute approximate surface area is 246 Å². The van der Waals surface area contributed by atoms with Gasteiger partial charge in [0, 0.05) is 38.2 Å². The number of aromatic nitrogens is 5. The quantitative estimate of drug-likeness (QED) is 0.319. The average molecular weight is 606 g/mol. The summed E-state index contributed by atoms with van der Waals surface area (Å²) in [6, 6.07) is 5.08. The Hall–Kier alpha value is -3.71. The molecule has 0 unspecified atom stereocenters. The molecule has 2 aliphatic heterocycles. The van der Waals surface area contributed by atoms with E-state index in [0.717, 1.165) is 42.7 Å². The highest BCUT2D eigenvalue weighted by molar-refractivity contribution is 5.79. The summed E-state index contributed by atoms with van der Waals surface area (Å²) < 4.78 is 66.3. The SMILES string of the molecule is CC(C)c1noc(N2CCC([C@H]3C[C@H]3CCOc3ccc(CC(=O)N4CCn5c(nnc5C(F)(F)F)C4)c(F)c3)CC2)n1. The molecule has 232 valence electrons. The van der Waals surface area contributed by atoms with Gasteiger partial charge in [0.05, 0.1) is 19.6 Å². The number of ether oxygens (including phenoxy) is 1. The van der Waals surface area contributed by atoms with Crippen LogP contribution >= 0.6 is 0 Å². The van der Waals surface area contributed by atoms with Crippen LogP contribution in [0.2, 0.25) is 0 Å². The van der Waals surface area contributed by atoms with Crippen molar-refractivity contribution in [2.24, 2.45) is 17.8 Å². The average Bonchev–Trinajstić information content (AvgIpc) is 3.36. The van der Waals surface area contributed by atoms with Crippen molar-refractivity contribution in [1.29, 1.82) is 0 Å². The topological polar surface area (TPSA) is 102 Å². The first-order chi connectivity index (χ1) is 20.6. The van der Waals surface area contributed by atoms with Crippen molar-refractivity contribution in [2.45, 2.75) is 71.1 Å². The predicted molar refractivity (Wildman–Crippen MR) is 146 cm³/mol. The summed E-state index contributed by atoms with van der Waals surface area (Å²) >= 11 is 0. The highest BCUT2D eigenvalue weighted by atomic mass is 19.4. The van der Waals surface area contributed by atoms with Gasteiger partial charge in [-0.1, -0.05) is 25.1 Å². The lowest BCUT2D eigenvalue weighted by molar-refractivity contribution is -0.148. The zero-order valence-electron chi connectivity index (χ0n) is 24.2. The first-order valence-corrected chi connectivity index (χ1v) is 14.8. The van der Waals surface area contributed by atoms with Crippen molar-refractivity contribution in [3.05, 3.63) is 47.1 Å². The van der Waals surface area contributed by atoms with E-state index < -0.39 is 23.7 Å². The lowest BCUT2D eigenvalue weighted by Gasteiger charge is -2.30. The van der Waals surface area contributed by atoms with Gasteiger partial charge in [0.2, 0.25) is 11.7 Å². The number of benzene rings is 1. The molecule has 1 saturated carbocycles. The number of alkyl halides is 3. The van der Waals surface area contributed by atoms with Crippen LogP contribution < -0.4 is 9.64 Å². The lowest BCUT2D eigenvalue weighted by Crippen LogP contribution is -2.40. The molecule has 0 bridgehead atoms. The summed E-state index contributed by atoms with van der Waals surface area (Å²) in [6.07, 6.45) is -0.535. The highest BCUT2D eigenvalue weighted by Crippen LogP contribution is 2.50. The van der Waals surface area contributed by atoms with Gasteiger partial charge in [-0.15, -0.1) is 10.2 Å². The zero-order chi connectivity index (χ0) is 30.3. The molecule has 1 aliphatic carbocycles. The number of anilines is 1. The number of amides is 1. The summed E-state index contributed by atoms with van der Waals surface area (Å²) in [4.78, 5) is 20.8. The van der Waals surface area contributed by atoms with Crippen LogP contribution in [0.3, 0.4) is 0 Å². The standard InChI is InChI=1S/C29H35F4N7O3/c1-17(2)26-34-28(43-37-26)38-8-5-18(6-9-38)22-13-19(22)7-12-42-21-4-3-20(23(30)15-21)14-25(41)39-10-11-40-24(16-39)35-36-27(40)29(31,32)33/h3-4,15,17-19,22H,5-14,16H2,1-2H3/t19-,22-/m1/s1. The molecular formula is C29H35F4N7O3. The lowest BCUT2D eigenvalue weighted by atomic mass is 9.90. The van der Waals surface area contributed by atoms with Crippen LogP contribution in [-0.4, -0.2) is 62.0 Å². The maximum absolute atomic E-state index is 14.8. The Balaban J connectivity index is 0.924. The van der Waals surface area contributed by atoms with Crippen molar-refractivity contribution in [2.75, 3.05) is 31.1 Å². The Bertz CT molecular complexity index is 1450. The zero-order valence-corrected chi connectivity index (χ0v) is 24.2. The van der Waals surface area contributed by atoms with Crippen LogP contribution in [0.1, 0.15) is 68.5 Å². The van der Waals surface area contributed by atoms with Crippen LogP contribution in [0.15, 0.2) is 22.7 Å². The summed E-state index contributed by atoms with van der Waals surface area (Å²) in [6.45, 7) is 6.29. The number of halogens is 4. The summed E-state index contributed by atoms with van der Waals surface area (Å²) in [5.74, 6) is 1.39. The molecule has 2 fully saturated rings. The summed E-state index contributed by atoms with van der Waals surface area (Å²) in [7, 11) is 0. The molecule has 43 heavy (non-hydrogen) atoms. The van der Waals surface area contributed by atoms with Crippen molar-refractivity contribution in [3.8, 4) is 5.75 Å². The molecule has 0 spiro atoms. The Morgan fingerprint density at radius 2 is 1.93 bits per heavy atom. The van der Waals surface area contributed by atoms with Gasteiger partial charge in [-0.2, -0.15) is 18.2 Å². The van der Waals surface area contributed by atoms with Gasteiger partial charge >= 0.3 is 12.2 Å². The maximum Gasteiger partial charge on any atom is 0.451 e. The Morgan fingerprint density at radius 3 is 2.63 bits per heavy atom. The van der Waals surface area contributed by atoms with E-state index in [9.17, 15) is 22.4 Å². The Morgan fingerprint density at radius 1 is 1.14 bits per heavy atom. The number of piperidine rings is 1. The second kappa shape index (κ2) is 11.8. The molecule has 10 nitrogen and oxygen atoms in total. The summed E-state index contributed by atoms with van der Waals surface area (Å²) in [5.41, 5.74) is 0.204. The molecule has 6 rings (SSSR count). The fourth-order valence-corrected chi connectivity index (χ4v) is 6.23. The second-order valence-electron chi connectivity index (χ2n) is 12.0. The monoisotopic (exact) mass is 605 g/mol. The molecule has 1 amide bonds. The van der Waals surface area contributed by atoms with Gasteiger partial charge in [0.25, 0.3) is 0 Å². The predicted octanol–water partition coefficient (Wildman–Crippen LogP) is 4.85. The molecule has 4 heterocycles. The largest absolute Gasteiger partial charge is 0.493 e. The number of hydrogen-bond acceptors (Lipinski definition) is 8. The second-order valence-corrected chi connectivity index (χ2v) is 12.0. The van der Waals surface area contributed by atoms with Crippen LogP contribution in [0.25, 0.3) is 0 Å². The Kier molecular flexibility index (Phi) is 8.03. The number of carbonyl (C=O) groups excluding carboxylic acids is 1. The van der Waals surface area contributed by atoms with E-state index in [2.05, 4.69) is 25.2 Å². The number of carbonyl (C=O) groups is 1. The van der Waals surface area contributed by atoms with Gasteiger partial charge in [0.15, 0.2) is 11.6 Å². The van der Waals surface area contributed by atoms with Crippen molar-refractivity contribution in [3.63, 3.8) is 0 Å². The third kappa shape index (κ3) is 6.47. The van der Waals surface area contributed by atoms with Crippen molar-refractivity contribution in [1.82, 2.24) is 29.8 Å². The third-order valence-corrected chi connectivity index (χ3v) is 8.82. The molecule has 0 radical (unpaired) electrons. The number of hydrogen-bond donors (Lipinski definition) is 0. The minimum atomic E-state index is -4.61. The van der Waals surface area contributed by atoms with E-state index in [1.165, 1.54) is 23.5 Å². The minimum absolute atomic E-state index is 0.0587.